The second-order valence-electron chi connectivity index (χ2n) is 3.41. The summed E-state index contributed by atoms with van der Waals surface area (Å²) in [5.74, 6) is -0.984. The Morgan fingerprint density at radius 3 is 2.47 bits per heavy atom. The summed E-state index contributed by atoms with van der Waals surface area (Å²) in [6, 6.07) is 10.2. The molecule has 0 aliphatic heterocycles. The molecule has 0 amide bonds. The molecule has 0 fully saturated rings. The topological polar surface area (TPSA) is 40.1 Å². The molecule has 0 radical (unpaired) electrons. The Kier molecular flexibility index (Phi) is 5.23. The maximum Gasteiger partial charge on any atom is 0.0417 e. The lowest BCUT2D eigenvalue weighted by Gasteiger charge is -1.97. The van der Waals surface area contributed by atoms with E-state index in [0.717, 1.165) is 12.8 Å². The molecule has 1 aromatic rings. The Morgan fingerprint density at radius 1 is 1.13 bits per heavy atom. The summed E-state index contributed by atoms with van der Waals surface area (Å²) in [4.78, 5) is 10.1. The van der Waals surface area contributed by atoms with Crippen LogP contribution in [0.2, 0.25) is 0 Å². The first-order valence-corrected chi connectivity index (χ1v) is 5.18. The maximum atomic E-state index is 10.1. The molecule has 0 aromatic heterocycles. The average molecular weight is 203 g/mol. The van der Waals surface area contributed by atoms with Crippen molar-refractivity contribution in [2.75, 3.05) is 0 Å². The van der Waals surface area contributed by atoms with E-state index in [0.29, 0.717) is 6.42 Å². The molecular weight excluding hydrogens is 188 g/mol. The van der Waals surface area contributed by atoms with Gasteiger partial charge in [-0.05, 0) is 31.2 Å². The van der Waals surface area contributed by atoms with Crippen molar-refractivity contribution in [2.24, 2.45) is 0 Å². The lowest BCUT2D eigenvalue weighted by atomic mass is 10.1. The number of benzene rings is 1. The quantitative estimate of drug-likeness (QED) is 0.660. The Balaban J connectivity index is 2.14. The van der Waals surface area contributed by atoms with E-state index < -0.39 is 5.97 Å². The number of carbonyl (C=O) groups excluding carboxylic acids is 1. The largest absolute Gasteiger partial charge is 0.550 e. The van der Waals surface area contributed by atoms with E-state index in [2.05, 4.69) is 12.1 Å². The van der Waals surface area contributed by atoms with E-state index in [1.165, 1.54) is 5.56 Å². The molecule has 0 saturated heterocycles. The van der Waals surface area contributed by atoms with Gasteiger partial charge in [-0.15, -0.1) is 0 Å². The number of allylic oxidation sites excluding steroid dienone is 2. The molecule has 0 aliphatic rings. The summed E-state index contributed by atoms with van der Waals surface area (Å²) in [5, 5.41) is 10.1. The van der Waals surface area contributed by atoms with Gasteiger partial charge in [-0.1, -0.05) is 42.5 Å². The maximum absolute atomic E-state index is 10.1. The van der Waals surface area contributed by atoms with Crippen LogP contribution in [0.1, 0.15) is 24.8 Å². The fourth-order valence-corrected chi connectivity index (χ4v) is 1.33. The summed E-state index contributed by atoms with van der Waals surface area (Å²) in [5.41, 5.74) is 1.31. The summed E-state index contributed by atoms with van der Waals surface area (Å²) >= 11 is 0. The third kappa shape index (κ3) is 5.68. The molecule has 0 unspecified atom stereocenters. The molecule has 1 rings (SSSR count). The van der Waals surface area contributed by atoms with Gasteiger partial charge in [0.1, 0.15) is 0 Å². The van der Waals surface area contributed by atoms with Gasteiger partial charge in [0.05, 0.1) is 0 Å². The fourth-order valence-electron chi connectivity index (χ4n) is 1.33. The molecule has 0 saturated carbocycles. The first-order valence-electron chi connectivity index (χ1n) is 5.18. The molecule has 80 valence electrons. The van der Waals surface area contributed by atoms with Crippen molar-refractivity contribution in [3.63, 3.8) is 0 Å². The highest BCUT2D eigenvalue weighted by Crippen LogP contribution is 2.03. The van der Waals surface area contributed by atoms with Crippen molar-refractivity contribution < 1.29 is 9.90 Å². The second-order valence-corrected chi connectivity index (χ2v) is 3.41. The van der Waals surface area contributed by atoms with Gasteiger partial charge < -0.3 is 9.90 Å². The summed E-state index contributed by atoms with van der Waals surface area (Å²) in [6.45, 7) is 0. The van der Waals surface area contributed by atoms with Crippen molar-refractivity contribution in [1.29, 1.82) is 0 Å². The van der Waals surface area contributed by atoms with Gasteiger partial charge in [0.2, 0.25) is 0 Å². The molecule has 1 aromatic carbocycles. The summed E-state index contributed by atoms with van der Waals surface area (Å²) < 4.78 is 0. The average Bonchev–Trinajstić information content (AvgIpc) is 2.24. The monoisotopic (exact) mass is 203 g/mol. The van der Waals surface area contributed by atoms with Gasteiger partial charge in [0.25, 0.3) is 0 Å². The molecule has 2 heteroatoms. The zero-order valence-electron chi connectivity index (χ0n) is 8.69. The molecule has 0 atom stereocenters. The highest BCUT2D eigenvalue weighted by atomic mass is 16.4. The highest BCUT2D eigenvalue weighted by Gasteiger charge is 1.88. The summed E-state index contributed by atoms with van der Waals surface area (Å²) in [7, 11) is 0. The van der Waals surface area contributed by atoms with Crippen molar-refractivity contribution in [3.8, 4) is 0 Å². The molecule has 15 heavy (non-hydrogen) atoms. The Morgan fingerprint density at radius 2 is 1.80 bits per heavy atom. The van der Waals surface area contributed by atoms with E-state index >= 15 is 0 Å². The molecular formula is C13H15O2-. The minimum absolute atomic E-state index is 0.113. The standard InChI is InChI=1S/C13H16O2/c14-13(15)11-7-2-1-4-8-12-9-5-3-6-10-12/h1-3,5-6,9-10H,4,7-8,11H2,(H,14,15)/p-1/b2-1+. The van der Waals surface area contributed by atoms with Gasteiger partial charge in [0, 0.05) is 5.97 Å². The summed E-state index contributed by atoms with van der Waals surface area (Å²) in [6.07, 6.45) is 6.56. The lowest BCUT2D eigenvalue weighted by molar-refractivity contribution is -0.305. The first-order chi connectivity index (χ1) is 7.29. The van der Waals surface area contributed by atoms with Crippen LogP contribution in [0.15, 0.2) is 42.5 Å². The Hall–Kier alpha value is -1.57. The number of carboxylic acids is 1. The van der Waals surface area contributed by atoms with Crippen molar-refractivity contribution in [1.82, 2.24) is 0 Å². The Labute approximate surface area is 90.3 Å². The number of hydrogen-bond acceptors (Lipinski definition) is 2. The smallest absolute Gasteiger partial charge is 0.0417 e. The number of aryl methyl sites for hydroxylation is 1. The number of hydrogen-bond donors (Lipinski definition) is 0. The van der Waals surface area contributed by atoms with Crippen molar-refractivity contribution >= 4 is 5.97 Å². The Bertz CT molecular complexity index is 315. The first kappa shape index (κ1) is 11.5. The van der Waals surface area contributed by atoms with Gasteiger partial charge in [-0.25, -0.2) is 0 Å². The van der Waals surface area contributed by atoms with Gasteiger partial charge in [-0.3, -0.25) is 0 Å². The van der Waals surface area contributed by atoms with E-state index in [4.69, 9.17) is 0 Å². The van der Waals surface area contributed by atoms with Crippen molar-refractivity contribution in [3.05, 3.63) is 48.0 Å². The molecule has 0 aliphatic carbocycles. The molecule has 0 heterocycles. The van der Waals surface area contributed by atoms with Crippen LogP contribution in [0.5, 0.6) is 0 Å². The van der Waals surface area contributed by atoms with Crippen molar-refractivity contribution in [2.45, 2.75) is 25.7 Å². The SMILES string of the molecule is O=C([O-])CC/C=C/CCc1ccccc1. The predicted octanol–water partition coefficient (Wildman–Crippen LogP) is 1.71. The van der Waals surface area contributed by atoms with Crippen LogP contribution in [0.3, 0.4) is 0 Å². The lowest BCUT2D eigenvalue weighted by Crippen LogP contribution is -2.21. The second kappa shape index (κ2) is 6.82. The zero-order valence-corrected chi connectivity index (χ0v) is 8.69. The number of carbonyl (C=O) groups is 1. The highest BCUT2D eigenvalue weighted by molar-refractivity contribution is 5.64. The zero-order chi connectivity index (χ0) is 10.9. The third-order valence-corrected chi connectivity index (χ3v) is 2.12. The van der Waals surface area contributed by atoms with Gasteiger partial charge >= 0.3 is 0 Å². The van der Waals surface area contributed by atoms with E-state index in [1.807, 2.05) is 30.4 Å². The predicted molar refractivity (Wildman–Crippen MR) is 58.1 cm³/mol. The van der Waals surface area contributed by atoms with Gasteiger partial charge in [0.15, 0.2) is 0 Å². The van der Waals surface area contributed by atoms with Gasteiger partial charge in [-0.2, -0.15) is 0 Å². The molecule has 0 bridgehead atoms. The van der Waals surface area contributed by atoms with E-state index in [1.54, 1.807) is 0 Å². The minimum atomic E-state index is -0.984. The minimum Gasteiger partial charge on any atom is -0.550 e. The van der Waals surface area contributed by atoms with Crippen LogP contribution in [0, 0.1) is 0 Å². The van der Waals surface area contributed by atoms with Crippen LogP contribution in [-0.4, -0.2) is 5.97 Å². The number of rotatable bonds is 6. The molecule has 0 N–H and O–H groups in total. The molecule has 2 nitrogen and oxygen atoms in total. The van der Waals surface area contributed by atoms with Crippen LogP contribution >= 0.6 is 0 Å². The third-order valence-electron chi connectivity index (χ3n) is 2.12. The molecule has 0 spiro atoms. The van der Waals surface area contributed by atoms with E-state index in [-0.39, 0.29) is 6.42 Å². The number of carboxylic acid groups (broad SMARTS) is 1. The van der Waals surface area contributed by atoms with Crippen LogP contribution < -0.4 is 5.11 Å². The fraction of sp³-hybridized carbons (Fsp3) is 0.308. The van der Waals surface area contributed by atoms with E-state index in [9.17, 15) is 9.90 Å². The normalized spacial score (nSPS) is 10.7. The van der Waals surface area contributed by atoms with Crippen LogP contribution in [-0.2, 0) is 11.2 Å². The van der Waals surface area contributed by atoms with Crippen LogP contribution in [0.25, 0.3) is 0 Å². The number of aliphatic carboxylic acids is 1. The van der Waals surface area contributed by atoms with Crippen LogP contribution in [0.4, 0.5) is 0 Å².